The van der Waals surface area contributed by atoms with E-state index in [4.69, 9.17) is 0 Å². The van der Waals surface area contributed by atoms with Crippen LogP contribution in [0.3, 0.4) is 0 Å². The van der Waals surface area contributed by atoms with Crippen LogP contribution in [0.1, 0.15) is 31.2 Å². The van der Waals surface area contributed by atoms with Crippen molar-refractivity contribution in [1.82, 2.24) is 4.90 Å². The Labute approximate surface area is 142 Å². The highest BCUT2D eigenvalue weighted by Crippen LogP contribution is 2.39. The van der Waals surface area contributed by atoms with E-state index in [0.29, 0.717) is 0 Å². The van der Waals surface area contributed by atoms with Crippen molar-refractivity contribution in [2.24, 2.45) is 5.92 Å². The predicted octanol–water partition coefficient (Wildman–Crippen LogP) is 4.53. The molecular formula is C17H21F6NO. The van der Waals surface area contributed by atoms with E-state index in [0.717, 1.165) is 5.56 Å². The van der Waals surface area contributed by atoms with Gasteiger partial charge in [-0.25, -0.2) is 0 Å². The van der Waals surface area contributed by atoms with Gasteiger partial charge in [0.05, 0.1) is 5.92 Å². The lowest BCUT2D eigenvalue weighted by Crippen LogP contribution is -2.47. The first kappa shape index (κ1) is 20.0. The van der Waals surface area contributed by atoms with E-state index in [2.05, 4.69) is 0 Å². The van der Waals surface area contributed by atoms with Crippen molar-refractivity contribution in [2.45, 2.75) is 56.7 Å². The van der Waals surface area contributed by atoms with Crippen LogP contribution < -0.4 is 0 Å². The first-order valence-corrected chi connectivity index (χ1v) is 8.17. The summed E-state index contributed by atoms with van der Waals surface area (Å²) in [4.78, 5) is 1.46. The van der Waals surface area contributed by atoms with E-state index >= 15 is 0 Å². The average molecular weight is 369 g/mol. The van der Waals surface area contributed by atoms with Gasteiger partial charge in [-0.15, -0.1) is 0 Å². The summed E-state index contributed by atoms with van der Waals surface area (Å²) < 4.78 is 76.5. The SMILES string of the molecule is OC(CN(Cc1ccccc1)C1CCC(C(F)(F)F)CC1)C(F)(F)F. The van der Waals surface area contributed by atoms with Gasteiger partial charge >= 0.3 is 12.4 Å². The molecule has 1 aliphatic rings. The predicted molar refractivity (Wildman–Crippen MR) is 80.7 cm³/mol. The molecule has 0 radical (unpaired) electrons. The number of halogens is 6. The molecule has 0 bridgehead atoms. The van der Waals surface area contributed by atoms with E-state index in [1.807, 2.05) is 0 Å². The topological polar surface area (TPSA) is 23.5 Å². The van der Waals surface area contributed by atoms with Crippen LogP contribution in [0.2, 0.25) is 0 Å². The molecule has 142 valence electrons. The molecule has 1 unspecified atom stereocenters. The Morgan fingerprint density at radius 3 is 2.00 bits per heavy atom. The minimum absolute atomic E-state index is 0.0957. The molecule has 1 fully saturated rings. The molecule has 1 aromatic carbocycles. The Morgan fingerprint density at radius 1 is 0.960 bits per heavy atom. The summed E-state index contributed by atoms with van der Waals surface area (Å²) in [6.07, 6.45) is -11.4. The molecule has 0 aromatic heterocycles. The van der Waals surface area contributed by atoms with Crippen molar-refractivity contribution in [3.8, 4) is 0 Å². The summed E-state index contributed by atoms with van der Waals surface area (Å²) in [6, 6.07) is 8.34. The third-order valence-electron chi connectivity index (χ3n) is 4.69. The molecule has 2 nitrogen and oxygen atoms in total. The van der Waals surface area contributed by atoms with Crippen molar-refractivity contribution in [3.05, 3.63) is 35.9 Å². The minimum Gasteiger partial charge on any atom is -0.382 e. The highest BCUT2D eigenvalue weighted by molar-refractivity contribution is 5.14. The van der Waals surface area contributed by atoms with Gasteiger partial charge in [-0.3, -0.25) is 4.90 Å². The standard InChI is InChI=1S/C17H21F6NO/c18-16(19,20)13-6-8-14(9-7-13)24(11-15(25)17(21,22)23)10-12-4-2-1-3-5-12/h1-5,13-15,25H,6-11H2. The fourth-order valence-electron chi connectivity index (χ4n) is 3.25. The Kier molecular flexibility index (Phi) is 6.37. The Bertz CT molecular complexity index is 522. The number of aliphatic hydroxyl groups excluding tert-OH is 1. The number of rotatable bonds is 5. The second kappa shape index (κ2) is 7.95. The van der Waals surface area contributed by atoms with Crippen LogP contribution in [-0.4, -0.2) is 41.0 Å². The van der Waals surface area contributed by atoms with Crippen molar-refractivity contribution < 1.29 is 31.4 Å². The zero-order valence-corrected chi connectivity index (χ0v) is 13.5. The fraction of sp³-hybridized carbons (Fsp3) is 0.647. The van der Waals surface area contributed by atoms with E-state index in [9.17, 15) is 31.4 Å². The van der Waals surface area contributed by atoms with E-state index < -0.39 is 37.0 Å². The highest BCUT2D eigenvalue weighted by Gasteiger charge is 2.44. The van der Waals surface area contributed by atoms with Gasteiger partial charge in [0.2, 0.25) is 0 Å². The third-order valence-corrected chi connectivity index (χ3v) is 4.69. The minimum atomic E-state index is -4.75. The van der Waals surface area contributed by atoms with Crippen LogP contribution in [0.5, 0.6) is 0 Å². The Hall–Kier alpha value is -1.28. The molecule has 0 aliphatic heterocycles. The number of alkyl halides is 6. The van der Waals surface area contributed by atoms with Gasteiger partial charge in [-0.1, -0.05) is 30.3 Å². The molecule has 2 rings (SSSR count). The molecule has 1 N–H and O–H groups in total. The molecule has 1 atom stereocenters. The van der Waals surface area contributed by atoms with Gasteiger partial charge in [0, 0.05) is 19.1 Å². The number of hydrogen-bond donors (Lipinski definition) is 1. The van der Waals surface area contributed by atoms with E-state index in [-0.39, 0.29) is 32.2 Å². The third kappa shape index (κ3) is 5.88. The summed E-state index contributed by atoms with van der Waals surface area (Å²) in [5, 5.41) is 9.40. The second-order valence-electron chi connectivity index (χ2n) is 6.52. The molecule has 1 saturated carbocycles. The van der Waals surface area contributed by atoms with Gasteiger partial charge in [0.15, 0.2) is 6.10 Å². The largest absolute Gasteiger partial charge is 0.415 e. The monoisotopic (exact) mass is 369 g/mol. The van der Waals surface area contributed by atoms with Gasteiger partial charge in [0.25, 0.3) is 0 Å². The van der Waals surface area contributed by atoms with Gasteiger partial charge in [-0.2, -0.15) is 26.3 Å². The van der Waals surface area contributed by atoms with E-state index in [1.165, 1.54) is 4.90 Å². The Morgan fingerprint density at radius 2 is 1.52 bits per heavy atom. The van der Waals surface area contributed by atoms with Crippen molar-refractivity contribution in [2.75, 3.05) is 6.54 Å². The smallest absolute Gasteiger partial charge is 0.382 e. The molecule has 0 amide bonds. The summed E-state index contributed by atoms with van der Waals surface area (Å²) >= 11 is 0. The average Bonchev–Trinajstić information content (AvgIpc) is 2.53. The molecule has 8 heteroatoms. The first-order chi connectivity index (χ1) is 11.6. The quantitative estimate of drug-likeness (QED) is 0.771. The number of aliphatic hydroxyl groups is 1. The highest BCUT2D eigenvalue weighted by atomic mass is 19.4. The zero-order chi connectivity index (χ0) is 18.7. The van der Waals surface area contributed by atoms with Gasteiger partial charge in [0.1, 0.15) is 0 Å². The van der Waals surface area contributed by atoms with Crippen LogP contribution in [0.4, 0.5) is 26.3 Å². The van der Waals surface area contributed by atoms with Crippen molar-refractivity contribution >= 4 is 0 Å². The van der Waals surface area contributed by atoms with Gasteiger partial charge in [-0.05, 0) is 31.2 Å². The second-order valence-corrected chi connectivity index (χ2v) is 6.52. The maximum absolute atomic E-state index is 12.8. The molecule has 0 spiro atoms. The fourth-order valence-corrected chi connectivity index (χ4v) is 3.25. The van der Waals surface area contributed by atoms with Crippen LogP contribution >= 0.6 is 0 Å². The maximum Gasteiger partial charge on any atom is 0.415 e. The van der Waals surface area contributed by atoms with Crippen LogP contribution in [0.15, 0.2) is 30.3 Å². The molecule has 0 saturated heterocycles. The van der Waals surface area contributed by atoms with Crippen molar-refractivity contribution in [1.29, 1.82) is 0 Å². The lowest BCUT2D eigenvalue weighted by molar-refractivity contribution is -0.211. The van der Waals surface area contributed by atoms with Gasteiger partial charge < -0.3 is 5.11 Å². The lowest BCUT2D eigenvalue weighted by atomic mass is 9.84. The molecule has 0 heterocycles. The summed E-state index contributed by atoms with van der Waals surface area (Å²) in [5.41, 5.74) is 0.759. The lowest BCUT2D eigenvalue weighted by Gasteiger charge is -2.38. The molecule has 1 aromatic rings. The van der Waals surface area contributed by atoms with Crippen molar-refractivity contribution in [3.63, 3.8) is 0 Å². The first-order valence-electron chi connectivity index (χ1n) is 8.17. The number of nitrogens with zero attached hydrogens (tertiary/aromatic N) is 1. The summed E-state index contributed by atoms with van der Waals surface area (Å²) in [5.74, 6) is -1.39. The number of benzene rings is 1. The molecule has 25 heavy (non-hydrogen) atoms. The van der Waals surface area contributed by atoms with Crippen LogP contribution in [-0.2, 0) is 6.54 Å². The van der Waals surface area contributed by atoms with E-state index in [1.54, 1.807) is 30.3 Å². The normalized spacial score (nSPS) is 23.7. The summed E-state index contributed by atoms with van der Waals surface area (Å²) in [7, 11) is 0. The summed E-state index contributed by atoms with van der Waals surface area (Å²) in [6.45, 7) is -0.477. The maximum atomic E-state index is 12.8. The number of hydrogen-bond acceptors (Lipinski definition) is 2. The van der Waals surface area contributed by atoms with Crippen LogP contribution in [0.25, 0.3) is 0 Å². The molecular weight excluding hydrogens is 348 g/mol. The molecule has 1 aliphatic carbocycles. The van der Waals surface area contributed by atoms with Crippen LogP contribution in [0, 0.1) is 5.92 Å². The Balaban J connectivity index is 2.06. The zero-order valence-electron chi connectivity index (χ0n) is 13.5.